The third-order valence-electron chi connectivity index (χ3n) is 1.37. The highest BCUT2D eigenvalue weighted by Gasteiger charge is 2.24. The maximum absolute atomic E-state index is 10.4. The molecule has 0 aromatic rings. The molecular formula is C7H7O8-3. The number of methoxy groups -OCH3 is 1. The summed E-state index contributed by atoms with van der Waals surface area (Å²) in [7, 11) is 0.902. The van der Waals surface area contributed by atoms with E-state index in [1.807, 2.05) is 0 Å². The first-order valence-electron chi connectivity index (χ1n) is 3.66. The summed E-state index contributed by atoms with van der Waals surface area (Å²) in [5.41, 5.74) is 0. The molecule has 0 spiro atoms. The molecule has 2 unspecified atom stereocenters. The van der Waals surface area contributed by atoms with Crippen molar-refractivity contribution in [3.05, 3.63) is 0 Å². The fourth-order valence-electron chi connectivity index (χ4n) is 0.780. The quantitative estimate of drug-likeness (QED) is 0.413. The van der Waals surface area contributed by atoms with Gasteiger partial charge in [-0.2, -0.15) is 0 Å². The van der Waals surface area contributed by atoms with Crippen LogP contribution in [0.25, 0.3) is 0 Å². The summed E-state index contributed by atoms with van der Waals surface area (Å²) in [6, 6.07) is 0. The van der Waals surface area contributed by atoms with Crippen LogP contribution in [0.5, 0.6) is 0 Å². The summed E-state index contributed by atoms with van der Waals surface area (Å²) in [4.78, 5) is 30.7. The van der Waals surface area contributed by atoms with Gasteiger partial charge in [0.1, 0.15) is 12.2 Å². The average Bonchev–Trinajstić information content (AvgIpc) is 2.10. The molecule has 0 N–H and O–H groups in total. The van der Waals surface area contributed by atoms with Crippen molar-refractivity contribution < 1.29 is 39.2 Å². The van der Waals surface area contributed by atoms with E-state index in [0.29, 0.717) is 0 Å². The molecular weight excluding hydrogens is 212 g/mol. The largest absolute Gasteiger partial charge is 0.548 e. The van der Waals surface area contributed by atoms with E-state index in [2.05, 4.69) is 9.47 Å². The third kappa shape index (κ3) is 4.38. The molecule has 0 saturated carbocycles. The highest BCUT2D eigenvalue weighted by atomic mass is 16.6. The van der Waals surface area contributed by atoms with Gasteiger partial charge in [-0.1, -0.05) is 0 Å². The van der Waals surface area contributed by atoms with Crippen LogP contribution in [0.3, 0.4) is 0 Å². The van der Waals surface area contributed by atoms with Crippen LogP contribution in [-0.4, -0.2) is 43.8 Å². The van der Waals surface area contributed by atoms with Crippen molar-refractivity contribution in [2.45, 2.75) is 12.2 Å². The molecule has 0 aromatic carbocycles. The number of carboxylic acid groups (broad SMARTS) is 3. The molecule has 15 heavy (non-hydrogen) atoms. The van der Waals surface area contributed by atoms with Gasteiger partial charge in [0, 0.05) is 7.11 Å². The minimum Gasteiger partial charge on any atom is -0.548 e. The van der Waals surface area contributed by atoms with Crippen LogP contribution in [-0.2, 0) is 23.9 Å². The van der Waals surface area contributed by atoms with Crippen LogP contribution in [0.15, 0.2) is 0 Å². The van der Waals surface area contributed by atoms with Crippen LogP contribution in [0.4, 0.5) is 0 Å². The minimum absolute atomic E-state index is 0.902. The number of aliphatic carboxylic acids is 3. The standard InChI is InChI=1S/C7H10O8/c1-14-4(6(10)11)5(7(12)13)15-2-3(8)9/h4-5H,2H2,1H3,(H,8,9)(H,10,11)(H,12,13)/p-3. The lowest BCUT2D eigenvalue weighted by Crippen LogP contribution is -2.54. The Hall–Kier alpha value is -1.67. The summed E-state index contributed by atoms with van der Waals surface area (Å²) in [6.07, 6.45) is -4.02. The van der Waals surface area contributed by atoms with E-state index in [9.17, 15) is 29.7 Å². The predicted molar refractivity (Wildman–Crippen MR) is 35.6 cm³/mol. The molecule has 0 radical (unpaired) electrons. The Balaban J connectivity index is 4.55. The number of hydrogen-bond donors (Lipinski definition) is 0. The second-order valence-corrected chi connectivity index (χ2v) is 2.40. The van der Waals surface area contributed by atoms with E-state index in [0.717, 1.165) is 7.11 Å². The molecule has 0 amide bonds. The smallest absolute Gasteiger partial charge is 0.129 e. The van der Waals surface area contributed by atoms with Gasteiger partial charge in [-0.3, -0.25) is 0 Å². The van der Waals surface area contributed by atoms with Crippen molar-refractivity contribution in [3.8, 4) is 0 Å². The van der Waals surface area contributed by atoms with Crippen LogP contribution < -0.4 is 15.3 Å². The summed E-state index contributed by atoms with van der Waals surface area (Å²) in [5, 5.41) is 30.7. The monoisotopic (exact) mass is 219 g/mol. The Morgan fingerprint density at radius 1 is 1.07 bits per heavy atom. The van der Waals surface area contributed by atoms with Crippen molar-refractivity contribution in [2.75, 3.05) is 13.7 Å². The Morgan fingerprint density at radius 3 is 1.80 bits per heavy atom. The number of carbonyl (C=O) groups excluding carboxylic acids is 3. The zero-order chi connectivity index (χ0) is 12.0. The van der Waals surface area contributed by atoms with Crippen molar-refractivity contribution >= 4 is 17.9 Å². The van der Waals surface area contributed by atoms with E-state index in [-0.39, 0.29) is 0 Å². The Morgan fingerprint density at radius 2 is 1.53 bits per heavy atom. The Bertz CT molecular complexity index is 260. The van der Waals surface area contributed by atoms with Gasteiger partial charge in [0.05, 0.1) is 24.5 Å². The number of carbonyl (C=O) groups is 3. The minimum atomic E-state index is -2.07. The van der Waals surface area contributed by atoms with Crippen molar-refractivity contribution in [2.24, 2.45) is 0 Å². The number of ether oxygens (including phenoxy) is 2. The number of hydrogen-bond acceptors (Lipinski definition) is 8. The maximum atomic E-state index is 10.4. The van der Waals surface area contributed by atoms with Gasteiger partial charge in [-0.05, 0) is 0 Å². The highest BCUT2D eigenvalue weighted by Crippen LogP contribution is 2.02. The maximum Gasteiger partial charge on any atom is 0.129 e. The summed E-state index contributed by atoms with van der Waals surface area (Å²) < 4.78 is 8.46. The SMILES string of the molecule is COC(C(=O)[O-])C(OCC(=O)[O-])C(=O)[O-]. The molecule has 0 rings (SSSR count). The summed E-state index contributed by atoms with van der Waals surface area (Å²) in [6.45, 7) is -1.09. The van der Waals surface area contributed by atoms with Gasteiger partial charge < -0.3 is 39.2 Å². The molecule has 8 heteroatoms. The van der Waals surface area contributed by atoms with E-state index in [4.69, 9.17) is 0 Å². The first kappa shape index (κ1) is 13.3. The lowest BCUT2D eigenvalue weighted by atomic mass is 10.2. The van der Waals surface area contributed by atoms with Gasteiger partial charge in [-0.15, -0.1) is 0 Å². The fourth-order valence-corrected chi connectivity index (χ4v) is 0.780. The van der Waals surface area contributed by atoms with Gasteiger partial charge in [0.2, 0.25) is 0 Å². The zero-order valence-corrected chi connectivity index (χ0v) is 7.63. The molecule has 86 valence electrons. The Labute approximate surface area is 84.0 Å². The molecule has 0 fully saturated rings. The molecule has 0 heterocycles. The van der Waals surface area contributed by atoms with Crippen LogP contribution in [0.2, 0.25) is 0 Å². The average molecular weight is 219 g/mol. The van der Waals surface area contributed by atoms with Crippen LogP contribution in [0, 0.1) is 0 Å². The van der Waals surface area contributed by atoms with E-state index < -0.39 is 36.7 Å². The second kappa shape index (κ2) is 5.94. The molecule has 0 aromatic heterocycles. The molecule has 0 saturated heterocycles. The van der Waals surface area contributed by atoms with Gasteiger partial charge >= 0.3 is 0 Å². The van der Waals surface area contributed by atoms with E-state index >= 15 is 0 Å². The lowest BCUT2D eigenvalue weighted by Gasteiger charge is -2.27. The highest BCUT2D eigenvalue weighted by molar-refractivity contribution is 5.81. The molecule has 0 aliphatic rings. The normalized spacial score (nSPS) is 14.2. The van der Waals surface area contributed by atoms with Crippen LogP contribution in [0.1, 0.15) is 0 Å². The van der Waals surface area contributed by atoms with Crippen molar-refractivity contribution in [1.29, 1.82) is 0 Å². The van der Waals surface area contributed by atoms with E-state index in [1.54, 1.807) is 0 Å². The predicted octanol–water partition coefficient (Wildman–Crippen LogP) is -5.36. The van der Waals surface area contributed by atoms with Gasteiger partial charge in [0.25, 0.3) is 0 Å². The number of carboxylic acids is 3. The van der Waals surface area contributed by atoms with Crippen LogP contribution >= 0.6 is 0 Å². The molecule has 0 aliphatic carbocycles. The van der Waals surface area contributed by atoms with E-state index in [1.165, 1.54) is 0 Å². The molecule has 8 nitrogen and oxygen atoms in total. The van der Waals surface area contributed by atoms with Crippen molar-refractivity contribution in [3.63, 3.8) is 0 Å². The summed E-state index contributed by atoms with van der Waals surface area (Å²) in [5.74, 6) is -5.48. The van der Waals surface area contributed by atoms with Gasteiger partial charge in [0.15, 0.2) is 0 Å². The molecule has 0 aliphatic heterocycles. The number of rotatable bonds is 7. The molecule has 0 bridgehead atoms. The first-order chi connectivity index (χ1) is 6.90. The van der Waals surface area contributed by atoms with Gasteiger partial charge in [-0.25, -0.2) is 0 Å². The fraction of sp³-hybridized carbons (Fsp3) is 0.571. The third-order valence-corrected chi connectivity index (χ3v) is 1.37. The topological polar surface area (TPSA) is 139 Å². The second-order valence-electron chi connectivity index (χ2n) is 2.40. The molecule has 2 atom stereocenters. The summed E-state index contributed by atoms with van der Waals surface area (Å²) >= 11 is 0. The van der Waals surface area contributed by atoms with Crippen molar-refractivity contribution in [1.82, 2.24) is 0 Å². The first-order valence-corrected chi connectivity index (χ1v) is 3.66. The lowest BCUT2D eigenvalue weighted by molar-refractivity contribution is -0.340. The Kier molecular flexibility index (Phi) is 5.27. The zero-order valence-electron chi connectivity index (χ0n) is 7.63.